The van der Waals surface area contributed by atoms with Crippen molar-refractivity contribution in [2.24, 2.45) is 0 Å². The largest absolute Gasteiger partial charge is 0.294 e. The number of halogens is 1. The van der Waals surface area contributed by atoms with Gasteiger partial charge < -0.3 is 0 Å². The fourth-order valence-corrected chi connectivity index (χ4v) is 2.38. The molecule has 0 saturated carbocycles. The average molecular weight is 303 g/mol. The molecule has 1 fully saturated rings. The lowest BCUT2D eigenvalue weighted by atomic mass is 10.0. The van der Waals surface area contributed by atoms with Crippen molar-refractivity contribution in [3.05, 3.63) is 35.9 Å². The molecule has 1 aromatic carbocycles. The summed E-state index contributed by atoms with van der Waals surface area (Å²) >= 11 is 2.38. The maximum absolute atomic E-state index is 5.70. The van der Waals surface area contributed by atoms with Crippen LogP contribution in [0.1, 0.15) is 18.0 Å². The Labute approximate surface area is 98.3 Å². The lowest BCUT2D eigenvalue weighted by molar-refractivity contribution is -0.136. The molecule has 2 rings (SSSR count). The Bertz CT molecular complexity index is 291. The summed E-state index contributed by atoms with van der Waals surface area (Å²) in [4.78, 5) is 5.70. The second-order valence-electron chi connectivity index (χ2n) is 3.59. The highest BCUT2D eigenvalue weighted by atomic mass is 127. The number of nitrogens with zero attached hydrogens (tertiary/aromatic N) is 1. The number of benzene rings is 1. The zero-order valence-corrected chi connectivity index (χ0v) is 10.3. The normalized spacial score (nSPS) is 28.1. The number of rotatable bonds is 2. The SMILES string of the molecule is CN1O[C@@H](CI)C[C@H]1c1ccccc1. The maximum atomic E-state index is 5.70. The van der Waals surface area contributed by atoms with Gasteiger partial charge in [-0.2, -0.15) is 5.06 Å². The van der Waals surface area contributed by atoms with Crippen LogP contribution in [0.2, 0.25) is 0 Å². The van der Waals surface area contributed by atoms with Crippen LogP contribution in [-0.4, -0.2) is 22.6 Å². The van der Waals surface area contributed by atoms with Crippen LogP contribution in [0.25, 0.3) is 0 Å². The summed E-state index contributed by atoms with van der Waals surface area (Å²) in [7, 11) is 2.02. The van der Waals surface area contributed by atoms with Gasteiger partial charge >= 0.3 is 0 Å². The molecule has 76 valence electrons. The van der Waals surface area contributed by atoms with E-state index in [0.29, 0.717) is 12.1 Å². The molecule has 1 aliphatic heterocycles. The molecule has 2 atom stereocenters. The van der Waals surface area contributed by atoms with Crippen LogP contribution in [-0.2, 0) is 4.84 Å². The molecule has 0 bridgehead atoms. The first-order chi connectivity index (χ1) is 6.81. The number of hydrogen-bond acceptors (Lipinski definition) is 2. The first-order valence-corrected chi connectivity index (χ1v) is 6.34. The number of hydrogen-bond donors (Lipinski definition) is 0. The zero-order chi connectivity index (χ0) is 9.97. The van der Waals surface area contributed by atoms with Crippen molar-refractivity contribution >= 4 is 22.6 Å². The first-order valence-electron chi connectivity index (χ1n) is 4.82. The summed E-state index contributed by atoms with van der Waals surface area (Å²) in [6.07, 6.45) is 1.48. The summed E-state index contributed by atoms with van der Waals surface area (Å²) in [5.41, 5.74) is 1.35. The number of alkyl halides is 1. The van der Waals surface area contributed by atoms with Gasteiger partial charge in [0.2, 0.25) is 0 Å². The molecule has 2 nitrogen and oxygen atoms in total. The van der Waals surface area contributed by atoms with E-state index in [0.717, 1.165) is 10.8 Å². The monoisotopic (exact) mass is 303 g/mol. The van der Waals surface area contributed by atoms with E-state index in [1.165, 1.54) is 5.56 Å². The fraction of sp³-hybridized carbons (Fsp3) is 0.455. The Morgan fingerprint density at radius 1 is 1.43 bits per heavy atom. The average Bonchev–Trinajstić information content (AvgIpc) is 2.61. The summed E-state index contributed by atoms with van der Waals surface area (Å²) in [5, 5.41) is 1.98. The van der Waals surface area contributed by atoms with Gasteiger partial charge in [-0.3, -0.25) is 4.84 Å². The van der Waals surface area contributed by atoms with Crippen molar-refractivity contribution in [1.82, 2.24) is 5.06 Å². The van der Waals surface area contributed by atoms with Crippen molar-refractivity contribution in [3.63, 3.8) is 0 Å². The van der Waals surface area contributed by atoms with Crippen molar-refractivity contribution < 1.29 is 4.84 Å². The van der Waals surface area contributed by atoms with E-state index in [4.69, 9.17) is 4.84 Å². The molecule has 0 unspecified atom stereocenters. The van der Waals surface area contributed by atoms with E-state index in [1.54, 1.807) is 0 Å². The quantitative estimate of drug-likeness (QED) is 0.615. The first kappa shape index (κ1) is 10.4. The van der Waals surface area contributed by atoms with Gasteiger partial charge in [0.15, 0.2) is 0 Å². The van der Waals surface area contributed by atoms with E-state index in [-0.39, 0.29) is 0 Å². The van der Waals surface area contributed by atoms with Crippen LogP contribution in [0.15, 0.2) is 30.3 Å². The molecule has 1 saturated heterocycles. The van der Waals surface area contributed by atoms with E-state index in [2.05, 4.69) is 52.9 Å². The summed E-state index contributed by atoms with van der Waals surface area (Å²) < 4.78 is 1.06. The van der Waals surface area contributed by atoms with E-state index >= 15 is 0 Å². The van der Waals surface area contributed by atoms with Crippen LogP contribution in [0, 0.1) is 0 Å². The predicted molar refractivity (Wildman–Crippen MR) is 65.3 cm³/mol. The maximum Gasteiger partial charge on any atom is 0.0901 e. The lowest BCUT2D eigenvalue weighted by Gasteiger charge is -2.17. The standard InChI is InChI=1S/C11H14INO/c1-13-11(7-10(8-12)14-13)9-5-3-2-4-6-9/h2-6,10-11H,7-8H2,1H3/t10-,11+/m1/s1. The Balaban J connectivity index is 2.13. The minimum absolute atomic E-state index is 0.380. The van der Waals surface area contributed by atoms with Gasteiger partial charge in [0, 0.05) is 11.5 Å². The molecule has 0 N–H and O–H groups in total. The molecule has 1 aliphatic rings. The molecule has 3 heteroatoms. The van der Waals surface area contributed by atoms with Gasteiger partial charge in [0.05, 0.1) is 12.1 Å². The third-order valence-electron chi connectivity index (χ3n) is 2.60. The van der Waals surface area contributed by atoms with E-state index in [1.807, 2.05) is 12.1 Å². The highest BCUT2D eigenvalue weighted by Crippen LogP contribution is 2.32. The van der Waals surface area contributed by atoms with Gasteiger partial charge in [0.1, 0.15) is 0 Å². The molecule has 14 heavy (non-hydrogen) atoms. The molecular weight excluding hydrogens is 289 g/mol. The molecule has 0 spiro atoms. The van der Waals surface area contributed by atoms with Gasteiger partial charge in [-0.1, -0.05) is 52.9 Å². The van der Waals surface area contributed by atoms with Gasteiger partial charge in [-0.15, -0.1) is 0 Å². The van der Waals surface area contributed by atoms with Gasteiger partial charge in [-0.05, 0) is 12.0 Å². The summed E-state index contributed by atoms with van der Waals surface area (Å²) in [5.74, 6) is 0. The second kappa shape index (κ2) is 4.59. The van der Waals surface area contributed by atoms with Crippen LogP contribution in [0.4, 0.5) is 0 Å². The van der Waals surface area contributed by atoms with Crippen LogP contribution < -0.4 is 0 Å². The zero-order valence-electron chi connectivity index (χ0n) is 8.19. The van der Waals surface area contributed by atoms with Crippen LogP contribution >= 0.6 is 22.6 Å². The molecule has 0 amide bonds. The van der Waals surface area contributed by atoms with Crippen LogP contribution in [0.3, 0.4) is 0 Å². The third kappa shape index (κ3) is 2.10. The molecule has 1 aromatic rings. The predicted octanol–water partition coefficient (Wildman–Crippen LogP) is 2.80. The summed E-state index contributed by atoms with van der Waals surface area (Å²) in [6, 6.07) is 11.0. The van der Waals surface area contributed by atoms with Gasteiger partial charge in [0.25, 0.3) is 0 Å². The van der Waals surface area contributed by atoms with Crippen molar-refractivity contribution in [2.45, 2.75) is 18.6 Å². The van der Waals surface area contributed by atoms with Crippen molar-refractivity contribution in [2.75, 3.05) is 11.5 Å². The van der Waals surface area contributed by atoms with Crippen molar-refractivity contribution in [1.29, 1.82) is 0 Å². The Morgan fingerprint density at radius 3 is 2.71 bits per heavy atom. The molecule has 0 radical (unpaired) electrons. The molecular formula is C11H14INO. The minimum Gasteiger partial charge on any atom is -0.294 e. The Hall–Kier alpha value is -0.130. The molecule has 0 aromatic heterocycles. The number of hydroxylamine groups is 2. The highest BCUT2D eigenvalue weighted by Gasteiger charge is 2.30. The smallest absolute Gasteiger partial charge is 0.0901 e. The summed E-state index contributed by atoms with van der Waals surface area (Å²) in [6.45, 7) is 0. The Morgan fingerprint density at radius 2 is 2.14 bits per heavy atom. The van der Waals surface area contributed by atoms with Crippen LogP contribution in [0.5, 0.6) is 0 Å². The Kier molecular flexibility index (Phi) is 3.41. The second-order valence-corrected chi connectivity index (χ2v) is 4.47. The van der Waals surface area contributed by atoms with E-state index < -0.39 is 0 Å². The lowest BCUT2D eigenvalue weighted by Crippen LogP contribution is -2.17. The van der Waals surface area contributed by atoms with Crippen molar-refractivity contribution in [3.8, 4) is 0 Å². The minimum atomic E-state index is 0.380. The molecule has 0 aliphatic carbocycles. The highest BCUT2D eigenvalue weighted by molar-refractivity contribution is 14.1. The topological polar surface area (TPSA) is 12.5 Å². The van der Waals surface area contributed by atoms with E-state index in [9.17, 15) is 0 Å². The van der Waals surface area contributed by atoms with Gasteiger partial charge in [-0.25, -0.2) is 0 Å². The third-order valence-corrected chi connectivity index (χ3v) is 3.58. The fourth-order valence-electron chi connectivity index (χ4n) is 1.86. The molecule has 1 heterocycles.